The summed E-state index contributed by atoms with van der Waals surface area (Å²) in [5, 5.41) is 15.8. The molecule has 0 spiro atoms. The van der Waals surface area contributed by atoms with Crippen molar-refractivity contribution in [3.63, 3.8) is 0 Å². The summed E-state index contributed by atoms with van der Waals surface area (Å²) in [5.41, 5.74) is -0.992. The number of nitrogens with zero attached hydrogens (tertiary/aromatic N) is 7. The third-order valence-corrected chi connectivity index (χ3v) is 14.4. The number of aliphatic hydroxyl groups is 1. The molecule has 340 valence electrons. The van der Waals surface area contributed by atoms with Crippen molar-refractivity contribution in [3.8, 4) is 0 Å². The minimum Gasteiger partial charge on any atom is -0.388 e. The van der Waals surface area contributed by atoms with Gasteiger partial charge in [-0.1, -0.05) is 0 Å². The number of β-amino-alcohol motifs (C(OH)–C–C–N with tert-alkyl or cyclic N) is 1. The number of imide groups is 1. The highest BCUT2D eigenvalue weighted by Crippen LogP contribution is 2.38. The molecule has 4 fully saturated rings. The first kappa shape index (κ1) is 44.5. The van der Waals surface area contributed by atoms with Gasteiger partial charge >= 0.3 is 11.9 Å². The number of aryl methyl sites for hydroxylation is 2. The Morgan fingerprint density at radius 3 is 2.38 bits per heavy atom. The lowest BCUT2D eigenvalue weighted by Crippen LogP contribution is -2.48. The lowest BCUT2D eigenvalue weighted by atomic mass is 9.86. The number of piperazine rings is 1. The molecule has 0 radical (unpaired) electrons. The number of amides is 2. The van der Waals surface area contributed by atoms with E-state index < -0.39 is 56.7 Å². The molecule has 0 bridgehead atoms. The molecule has 21 heteroatoms. The van der Waals surface area contributed by atoms with Crippen LogP contribution in [0.2, 0.25) is 0 Å². The van der Waals surface area contributed by atoms with Crippen molar-refractivity contribution in [2.75, 3.05) is 60.9 Å². The summed E-state index contributed by atoms with van der Waals surface area (Å²) in [6.45, 7) is 6.87. The van der Waals surface area contributed by atoms with Gasteiger partial charge in [-0.05, 0) is 101 Å². The number of benzene rings is 2. The first-order valence-corrected chi connectivity index (χ1v) is 22.8. The fourth-order valence-electron chi connectivity index (χ4n) is 9.52. The molecule has 3 saturated heterocycles. The second-order valence-electron chi connectivity index (χ2n) is 17.6. The van der Waals surface area contributed by atoms with Gasteiger partial charge in [0.25, 0.3) is 0 Å². The van der Waals surface area contributed by atoms with Crippen molar-refractivity contribution in [1.29, 1.82) is 0 Å². The Hall–Kier alpha value is -5.12. The maximum absolute atomic E-state index is 16.1. The van der Waals surface area contributed by atoms with Crippen molar-refractivity contribution in [1.82, 2.24) is 34.0 Å². The van der Waals surface area contributed by atoms with Crippen LogP contribution in [0.4, 0.5) is 40.7 Å². The van der Waals surface area contributed by atoms with Crippen molar-refractivity contribution in [2.24, 2.45) is 13.0 Å². The smallest absolute Gasteiger partial charge is 0.388 e. The summed E-state index contributed by atoms with van der Waals surface area (Å²) in [4.78, 5) is 51.3. The molecular weight excluding hydrogens is 849 g/mol. The first-order valence-electron chi connectivity index (χ1n) is 21.3. The van der Waals surface area contributed by atoms with E-state index in [1.54, 1.807) is 26.0 Å². The number of sulfonamides is 1. The Kier molecular flexibility index (Phi) is 12.1. The number of rotatable bonds is 10. The number of anilines is 4. The van der Waals surface area contributed by atoms with Crippen molar-refractivity contribution in [3.05, 3.63) is 64.0 Å². The van der Waals surface area contributed by atoms with Gasteiger partial charge in [0, 0.05) is 77.2 Å². The molecule has 16 nitrogen and oxygen atoms in total. The molecule has 63 heavy (non-hydrogen) atoms. The number of alkyl halides is 3. The van der Waals surface area contributed by atoms with E-state index in [0.717, 1.165) is 19.4 Å². The van der Waals surface area contributed by atoms with E-state index in [1.807, 2.05) is 4.90 Å². The Balaban J connectivity index is 0.838. The van der Waals surface area contributed by atoms with Crippen LogP contribution in [0.1, 0.15) is 75.5 Å². The Labute approximate surface area is 361 Å². The molecule has 2 amide bonds. The largest absolute Gasteiger partial charge is 0.421 e. The first-order chi connectivity index (χ1) is 29.8. The van der Waals surface area contributed by atoms with Gasteiger partial charge < -0.3 is 20.2 Å². The lowest BCUT2D eigenvalue weighted by molar-refractivity contribution is -0.138. The van der Waals surface area contributed by atoms with E-state index in [-0.39, 0.29) is 54.2 Å². The number of halogens is 4. The van der Waals surface area contributed by atoms with Gasteiger partial charge in [-0.2, -0.15) is 18.2 Å². The summed E-state index contributed by atoms with van der Waals surface area (Å²) < 4.78 is 90.4. The van der Waals surface area contributed by atoms with Crippen LogP contribution in [-0.4, -0.2) is 107 Å². The zero-order chi connectivity index (χ0) is 45.0. The van der Waals surface area contributed by atoms with Gasteiger partial charge in [-0.25, -0.2) is 27.3 Å². The zero-order valence-corrected chi connectivity index (χ0v) is 36.2. The van der Waals surface area contributed by atoms with Crippen LogP contribution in [0.25, 0.3) is 11.0 Å². The number of hydrogen-bond donors (Lipinski definition) is 4. The summed E-state index contributed by atoms with van der Waals surface area (Å²) in [6.07, 6.45) is 0.160. The van der Waals surface area contributed by atoms with Crippen LogP contribution in [0.15, 0.2) is 46.2 Å². The molecule has 1 saturated carbocycles. The topological polar surface area (TPSA) is 187 Å². The Morgan fingerprint density at radius 1 is 0.984 bits per heavy atom. The highest BCUT2D eigenvalue weighted by atomic mass is 32.2. The Bertz CT molecular complexity index is 2580. The fraction of sp³-hybridized carbons (Fsp3) is 0.548. The quantitative estimate of drug-likeness (QED) is 0.131. The standard InChI is InChI=1S/C42H52F4N10O6S/c1-25-21-28(9-10-30(25)48-39-47-22-29(42(44,45)46)37(50-39)55-16-4-15-41(2,60)24-55)63(61,62)51-27-7-5-26(6-8-27)23-53-17-19-54(20-18-53)31-11-12-32-36(35(31)43)52(3)40(59)56(32)33-13-14-34(57)49-38(33)58/h9-12,21-22,26-27,33,51,60H,4-8,13-20,23-24H2,1-3H3,(H,47,48,50)(H,49,57,58)/t26?,27?,33?,41-/m0/s1. The number of fused-ring (bicyclic) bond motifs is 1. The number of aromatic nitrogens is 4. The van der Waals surface area contributed by atoms with Gasteiger partial charge in [-0.3, -0.25) is 28.9 Å². The molecule has 1 unspecified atom stereocenters. The number of piperidine rings is 2. The fourth-order valence-corrected chi connectivity index (χ4v) is 10.9. The molecular formula is C42H52F4N10O6S. The van der Waals surface area contributed by atoms with Crippen LogP contribution < -0.4 is 30.8 Å². The molecule has 4 aromatic rings. The predicted molar refractivity (Wildman–Crippen MR) is 227 cm³/mol. The van der Waals surface area contributed by atoms with E-state index in [4.69, 9.17) is 0 Å². The number of imidazole rings is 1. The summed E-state index contributed by atoms with van der Waals surface area (Å²) in [6, 6.07) is 6.59. The van der Waals surface area contributed by atoms with Crippen molar-refractivity contribution in [2.45, 2.75) is 94.0 Å². The average molecular weight is 901 g/mol. The predicted octanol–water partition coefficient (Wildman–Crippen LogP) is 4.33. The van der Waals surface area contributed by atoms with E-state index >= 15 is 4.39 Å². The van der Waals surface area contributed by atoms with Crippen LogP contribution in [0.3, 0.4) is 0 Å². The highest BCUT2D eigenvalue weighted by molar-refractivity contribution is 7.89. The van der Waals surface area contributed by atoms with Gasteiger partial charge in [0.2, 0.25) is 27.8 Å². The average Bonchev–Trinajstić information content (AvgIpc) is 3.48. The Morgan fingerprint density at radius 2 is 1.71 bits per heavy atom. The molecule has 2 aromatic carbocycles. The van der Waals surface area contributed by atoms with E-state index in [9.17, 15) is 41.1 Å². The molecule has 4 N–H and O–H groups in total. The summed E-state index contributed by atoms with van der Waals surface area (Å²) in [7, 11) is -2.42. The highest BCUT2D eigenvalue weighted by Gasteiger charge is 2.40. The minimum atomic E-state index is -4.71. The number of hydrogen-bond acceptors (Lipinski definition) is 12. The maximum atomic E-state index is 16.1. The summed E-state index contributed by atoms with van der Waals surface area (Å²) in [5.74, 6) is -1.60. The lowest BCUT2D eigenvalue weighted by Gasteiger charge is -2.39. The van der Waals surface area contributed by atoms with Crippen molar-refractivity contribution < 1.29 is 40.7 Å². The van der Waals surface area contributed by atoms with Gasteiger partial charge in [0.15, 0.2) is 5.82 Å². The third-order valence-electron chi connectivity index (χ3n) is 12.9. The SMILES string of the molecule is Cc1cc(S(=O)(=O)NC2CCC(CN3CCN(c4ccc5c(c4F)n(C)c(=O)n5C4CCC(=O)NC4=O)CC3)CC2)ccc1Nc1ncc(C(F)(F)F)c(N2CCC[C@](C)(O)C2)n1. The maximum Gasteiger partial charge on any atom is 0.421 e. The summed E-state index contributed by atoms with van der Waals surface area (Å²) >= 11 is 0. The third kappa shape index (κ3) is 9.28. The van der Waals surface area contributed by atoms with Crippen molar-refractivity contribution >= 4 is 56.0 Å². The minimum absolute atomic E-state index is 0.0201. The number of carbonyl (C=O) groups is 2. The van der Waals surface area contributed by atoms with Gasteiger partial charge in [-0.15, -0.1) is 0 Å². The molecule has 4 aliphatic rings. The number of carbonyl (C=O) groups excluding carboxylic acids is 2. The van der Waals surface area contributed by atoms with Crippen LogP contribution in [-0.2, 0) is 32.8 Å². The van der Waals surface area contributed by atoms with Crippen LogP contribution >= 0.6 is 0 Å². The van der Waals surface area contributed by atoms with Gasteiger partial charge in [0.1, 0.15) is 22.9 Å². The molecule has 1 aliphatic carbocycles. The molecule has 5 heterocycles. The van der Waals surface area contributed by atoms with Crippen LogP contribution in [0.5, 0.6) is 0 Å². The second kappa shape index (κ2) is 17.1. The normalized spacial score (nSPS) is 24.2. The van der Waals surface area contributed by atoms with E-state index in [2.05, 4.69) is 30.2 Å². The molecule has 2 atom stereocenters. The zero-order valence-electron chi connectivity index (χ0n) is 35.3. The van der Waals surface area contributed by atoms with Gasteiger partial charge in [0.05, 0.1) is 21.7 Å². The van der Waals surface area contributed by atoms with Crippen LogP contribution in [0, 0.1) is 18.7 Å². The molecule has 8 rings (SSSR count). The second-order valence-corrected chi connectivity index (χ2v) is 19.3. The van der Waals surface area contributed by atoms with E-state index in [0.29, 0.717) is 86.4 Å². The molecule has 2 aromatic heterocycles. The molecule has 3 aliphatic heterocycles. The van der Waals surface area contributed by atoms with E-state index in [1.165, 1.54) is 39.3 Å². The monoisotopic (exact) mass is 900 g/mol. The number of nitrogens with one attached hydrogen (secondary N) is 3.